The minimum absolute atomic E-state index is 0.196. The van der Waals surface area contributed by atoms with Crippen LogP contribution in [0.2, 0.25) is 5.28 Å². The molecule has 0 aliphatic carbocycles. The first-order chi connectivity index (χ1) is 9.72. The zero-order valence-corrected chi connectivity index (χ0v) is 14.3. The van der Waals surface area contributed by atoms with Crippen LogP contribution in [-0.2, 0) is 0 Å². The Hall–Kier alpha value is -0.980. The molecular formula is C12H9ClIN4OP. The zero-order chi connectivity index (χ0) is 14.1. The first-order valence-electron chi connectivity index (χ1n) is 5.65. The summed E-state index contributed by atoms with van der Waals surface area (Å²) < 4.78 is 7.19. The predicted molar refractivity (Wildman–Crippen MR) is 90.1 cm³/mol. The Morgan fingerprint density at radius 1 is 1.35 bits per heavy atom. The van der Waals surface area contributed by atoms with E-state index in [2.05, 4.69) is 37.1 Å². The Morgan fingerprint density at radius 2 is 2.20 bits per heavy atom. The van der Waals surface area contributed by atoms with Crippen LogP contribution in [0.15, 0.2) is 30.6 Å². The second-order valence-electron chi connectivity index (χ2n) is 3.96. The average molecular weight is 419 g/mol. The highest BCUT2D eigenvalue weighted by Gasteiger charge is 2.13. The van der Waals surface area contributed by atoms with Crippen molar-refractivity contribution in [2.45, 2.75) is 0 Å². The van der Waals surface area contributed by atoms with E-state index in [-0.39, 0.29) is 5.28 Å². The van der Waals surface area contributed by atoms with Crippen LogP contribution in [0.25, 0.3) is 22.2 Å². The summed E-state index contributed by atoms with van der Waals surface area (Å²) in [5.74, 6) is 0.677. The quantitative estimate of drug-likeness (QED) is 0.367. The summed E-state index contributed by atoms with van der Waals surface area (Å²) in [5, 5.41) is 5.37. The largest absolute Gasteiger partial charge is 0.494 e. The molecule has 0 N–H and O–H groups in total. The normalized spacial score (nSPS) is 11.6. The number of halogens is 2. The van der Waals surface area contributed by atoms with Crippen molar-refractivity contribution < 1.29 is 4.74 Å². The van der Waals surface area contributed by atoms with Crippen LogP contribution in [0.4, 0.5) is 0 Å². The first kappa shape index (κ1) is 14.0. The van der Waals surface area contributed by atoms with Gasteiger partial charge >= 0.3 is 0 Å². The maximum Gasteiger partial charge on any atom is 0.223 e. The van der Waals surface area contributed by atoms with E-state index in [0.717, 1.165) is 16.6 Å². The smallest absolute Gasteiger partial charge is 0.223 e. The van der Waals surface area contributed by atoms with Crippen molar-refractivity contribution in [3.63, 3.8) is 0 Å². The van der Waals surface area contributed by atoms with Crippen LogP contribution in [0, 0.1) is 0 Å². The number of methoxy groups -OCH3 is 1. The minimum atomic E-state index is 0.196. The van der Waals surface area contributed by atoms with E-state index < -0.39 is 0 Å². The number of para-hydroxylation sites is 1. The number of rotatable bonds is 3. The molecule has 0 aliphatic heterocycles. The summed E-state index contributed by atoms with van der Waals surface area (Å²) in [5.41, 5.74) is 2.38. The highest BCUT2D eigenvalue weighted by Crippen LogP contribution is 2.33. The Bertz CT molecular complexity index is 779. The number of nitrogens with zero attached hydrogens (tertiary/aromatic N) is 4. The SMILES string of the molecule is COc1cccc2c(-c3cnn(PI)c3)nc(Cl)nc12. The molecule has 2 heterocycles. The van der Waals surface area contributed by atoms with Crippen LogP contribution >= 0.6 is 40.0 Å². The molecule has 0 amide bonds. The minimum Gasteiger partial charge on any atom is -0.494 e. The van der Waals surface area contributed by atoms with Crippen LogP contribution in [0.1, 0.15) is 0 Å². The third-order valence-corrected chi connectivity index (χ3v) is 4.89. The van der Waals surface area contributed by atoms with E-state index in [1.165, 1.54) is 0 Å². The molecule has 0 saturated heterocycles. The van der Waals surface area contributed by atoms with Gasteiger partial charge in [-0.05, 0) is 39.7 Å². The fourth-order valence-electron chi connectivity index (χ4n) is 1.97. The maximum absolute atomic E-state index is 6.04. The second-order valence-corrected chi connectivity index (χ2v) is 6.37. The van der Waals surface area contributed by atoms with Crippen molar-refractivity contribution >= 4 is 50.9 Å². The number of benzene rings is 1. The highest BCUT2D eigenvalue weighted by atomic mass is 127. The lowest BCUT2D eigenvalue weighted by atomic mass is 10.1. The van der Waals surface area contributed by atoms with Gasteiger partial charge in [0.05, 0.1) is 25.4 Å². The molecule has 20 heavy (non-hydrogen) atoms. The fraction of sp³-hybridized carbons (Fsp3) is 0.0833. The monoisotopic (exact) mass is 418 g/mol. The summed E-state index contributed by atoms with van der Waals surface area (Å²) in [7, 11) is 1.61. The van der Waals surface area contributed by atoms with Gasteiger partial charge in [-0.3, -0.25) is 0 Å². The molecule has 5 nitrogen and oxygen atoms in total. The Morgan fingerprint density at radius 3 is 2.90 bits per heavy atom. The van der Waals surface area contributed by atoms with E-state index in [1.807, 2.05) is 28.8 Å². The summed E-state index contributed by atoms with van der Waals surface area (Å²) in [6.45, 7) is 0. The Kier molecular flexibility index (Phi) is 4.05. The highest BCUT2D eigenvalue weighted by molar-refractivity contribution is 14.2. The van der Waals surface area contributed by atoms with Crippen LogP contribution in [0.3, 0.4) is 0 Å². The molecule has 8 heteroatoms. The van der Waals surface area contributed by atoms with Crippen molar-refractivity contribution in [1.82, 2.24) is 19.5 Å². The Balaban J connectivity index is 2.29. The molecule has 3 rings (SSSR count). The molecule has 0 bridgehead atoms. The number of fused-ring (bicyclic) bond motifs is 1. The van der Waals surface area contributed by atoms with Gasteiger partial charge in [0.1, 0.15) is 11.3 Å². The third kappa shape index (κ3) is 2.47. The van der Waals surface area contributed by atoms with E-state index in [4.69, 9.17) is 16.3 Å². The van der Waals surface area contributed by atoms with E-state index in [0.29, 0.717) is 17.6 Å². The second kappa shape index (κ2) is 5.79. The summed E-state index contributed by atoms with van der Waals surface area (Å²) in [4.78, 5) is 8.60. The van der Waals surface area contributed by atoms with Gasteiger partial charge < -0.3 is 4.74 Å². The van der Waals surface area contributed by atoms with Gasteiger partial charge in [-0.25, -0.2) is 14.4 Å². The van der Waals surface area contributed by atoms with Crippen LogP contribution < -0.4 is 4.74 Å². The molecule has 102 valence electrons. The lowest BCUT2D eigenvalue weighted by Crippen LogP contribution is -1.93. The topological polar surface area (TPSA) is 52.8 Å². The zero-order valence-electron chi connectivity index (χ0n) is 10.3. The van der Waals surface area contributed by atoms with Gasteiger partial charge in [0, 0.05) is 17.1 Å². The summed E-state index contributed by atoms with van der Waals surface area (Å²) in [6, 6.07) is 5.71. The molecule has 0 fully saturated rings. The summed E-state index contributed by atoms with van der Waals surface area (Å²) in [6.07, 6.45) is 4.27. The predicted octanol–water partition coefficient (Wildman–Crippen LogP) is 3.95. The van der Waals surface area contributed by atoms with Crippen LogP contribution in [-0.4, -0.2) is 26.6 Å². The van der Waals surface area contributed by atoms with Crippen molar-refractivity contribution in [3.05, 3.63) is 35.9 Å². The number of hydrogen-bond donors (Lipinski definition) is 0. The van der Waals surface area contributed by atoms with Gasteiger partial charge in [-0.1, -0.05) is 12.1 Å². The molecule has 1 unspecified atom stereocenters. The van der Waals surface area contributed by atoms with Gasteiger partial charge in [0.15, 0.2) is 0 Å². The standard InChI is InChI=1S/C12H9ClIN4OP/c1-19-9-4-2-3-8-10(16-12(13)17-11(8)9)7-5-15-18(6-7)20-14/h2-6,20H,1H3. The molecule has 2 aromatic heterocycles. The van der Waals surface area contributed by atoms with E-state index in [9.17, 15) is 0 Å². The summed E-state index contributed by atoms with van der Waals surface area (Å²) >= 11 is 8.31. The average Bonchev–Trinajstić information content (AvgIpc) is 2.94. The van der Waals surface area contributed by atoms with E-state index in [1.54, 1.807) is 13.3 Å². The van der Waals surface area contributed by atoms with Crippen molar-refractivity contribution in [2.75, 3.05) is 7.11 Å². The molecule has 0 spiro atoms. The van der Waals surface area contributed by atoms with Crippen molar-refractivity contribution in [3.8, 4) is 17.0 Å². The van der Waals surface area contributed by atoms with E-state index >= 15 is 0 Å². The van der Waals surface area contributed by atoms with Crippen LogP contribution in [0.5, 0.6) is 5.75 Å². The molecule has 0 radical (unpaired) electrons. The molecular weight excluding hydrogens is 409 g/mol. The van der Waals surface area contributed by atoms with Gasteiger partial charge in [-0.15, -0.1) is 0 Å². The molecule has 3 aromatic rings. The first-order valence-corrected chi connectivity index (χ1v) is 10.1. The lowest BCUT2D eigenvalue weighted by molar-refractivity contribution is 0.419. The van der Waals surface area contributed by atoms with Crippen molar-refractivity contribution in [1.29, 1.82) is 0 Å². The van der Waals surface area contributed by atoms with Gasteiger partial charge in [0.25, 0.3) is 0 Å². The molecule has 1 atom stereocenters. The van der Waals surface area contributed by atoms with Gasteiger partial charge in [0.2, 0.25) is 5.28 Å². The van der Waals surface area contributed by atoms with Gasteiger partial charge in [-0.2, -0.15) is 5.10 Å². The molecule has 0 saturated carbocycles. The third-order valence-electron chi connectivity index (χ3n) is 2.82. The molecule has 0 aliphatic rings. The molecule has 1 aromatic carbocycles. The van der Waals surface area contributed by atoms with Crippen molar-refractivity contribution in [2.24, 2.45) is 0 Å². The number of hydrogen-bond acceptors (Lipinski definition) is 4. The fourth-order valence-corrected chi connectivity index (χ4v) is 3.22. The Labute approximate surface area is 135 Å². The lowest BCUT2D eigenvalue weighted by Gasteiger charge is -2.07. The number of aromatic nitrogens is 4. The maximum atomic E-state index is 6.04. The number of ether oxygens (including phenoxy) is 1.